The zero-order valence-electron chi connectivity index (χ0n) is 21.2. The van der Waals surface area contributed by atoms with Gasteiger partial charge in [-0.2, -0.15) is 0 Å². The Morgan fingerprint density at radius 1 is 1.08 bits per heavy atom. The number of esters is 1. The molecule has 1 aromatic heterocycles. The number of carbonyl (C=O) groups is 2. The number of aromatic nitrogens is 1. The summed E-state index contributed by atoms with van der Waals surface area (Å²) in [7, 11) is 0. The van der Waals surface area contributed by atoms with Crippen LogP contribution in [0, 0.1) is 0 Å². The number of hydrogen-bond acceptors (Lipinski definition) is 7. The number of hydrogen-bond donors (Lipinski definition) is 0. The Hall–Kier alpha value is -2.97. The Morgan fingerprint density at radius 2 is 1.83 bits per heavy atom. The molecule has 4 rings (SSSR count). The average Bonchev–Trinajstić information content (AvgIpc) is 3.29. The van der Waals surface area contributed by atoms with Crippen LogP contribution in [0.25, 0.3) is 10.2 Å². The summed E-state index contributed by atoms with van der Waals surface area (Å²) in [5.74, 6) is 0.795. The van der Waals surface area contributed by atoms with Gasteiger partial charge in [-0.1, -0.05) is 35.6 Å². The molecule has 0 saturated carbocycles. The van der Waals surface area contributed by atoms with Crippen molar-refractivity contribution in [3.63, 3.8) is 0 Å². The van der Waals surface area contributed by atoms with Crippen LogP contribution in [0.5, 0.6) is 10.9 Å². The maximum Gasteiger partial charge on any atom is 0.305 e. The molecule has 0 bridgehead atoms. The Balaban J connectivity index is 1.32. The number of benzene rings is 2. The molecule has 0 atom stereocenters. The summed E-state index contributed by atoms with van der Waals surface area (Å²) in [4.78, 5) is 32.5. The number of amides is 1. The lowest BCUT2D eigenvalue weighted by molar-refractivity contribution is -0.143. The van der Waals surface area contributed by atoms with Crippen LogP contribution < -0.4 is 4.74 Å². The highest BCUT2D eigenvalue weighted by Gasteiger charge is 2.25. The van der Waals surface area contributed by atoms with Crippen molar-refractivity contribution in [1.29, 1.82) is 0 Å². The predicted octanol–water partition coefficient (Wildman–Crippen LogP) is 5.29. The molecule has 0 aliphatic carbocycles. The van der Waals surface area contributed by atoms with Gasteiger partial charge < -0.3 is 14.4 Å². The highest BCUT2D eigenvalue weighted by molar-refractivity contribution is 7.20. The molecule has 2 aromatic carbocycles. The molecule has 2 heterocycles. The lowest BCUT2D eigenvalue weighted by Crippen LogP contribution is -2.47. The van der Waals surface area contributed by atoms with Crippen LogP contribution in [0.1, 0.15) is 45.1 Å². The molecule has 192 valence electrons. The second-order valence-corrected chi connectivity index (χ2v) is 10.1. The summed E-state index contributed by atoms with van der Waals surface area (Å²) in [6, 6.07) is 16.7. The van der Waals surface area contributed by atoms with Gasteiger partial charge >= 0.3 is 5.97 Å². The average molecular weight is 510 g/mol. The fraction of sp³-hybridized carbons (Fsp3) is 0.464. The summed E-state index contributed by atoms with van der Waals surface area (Å²) < 4.78 is 12.2. The molecule has 36 heavy (non-hydrogen) atoms. The Morgan fingerprint density at radius 3 is 2.53 bits per heavy atom. The summed E-state index contributed by atoms with van der Waals surface area (Å²) >= 11 is 1.54. The SMILES string of the molecule is CCOC(=O)CCCN(CCc1ccc(Oc2nc3ccccc3s2)cc1)C1CCN(C(C)=O)CC1. The van der Waals surface area contributed by atoms with Crippen molar-refractivity contribution in [1.82, 2.24) is 14.8 Å². The summed E-state index contributed by atoms with van der Waals surface area (Å²) in [6.07, 6.45) is 4.06. The van der Waals surface area contributed by atoms with E-state index in [0.29, 0.717) is 24.3 Å². The van der Waals surface area contributed by atoms with E-state index in [1.807, 2.05) is 48.2 Å². The van der Waals surface area contributed by atoms with Crippen molar-refractivity contribution >= 4 is 33.4 Å². The minimum atomic E-state index is -0.132. The number of para-hydroxylation sites is 1. The lowest BCUT2D eigenvalue weighted by atomic mass is 10.0. The molecule has 1 fully saturated rings. The molecule has 0 radical (unpaired) electrons. The largest absolute Gasteiger partial charge is 0.466 e. The first kappa shape index (κ1) is 26.1. The fourth-order valence-electron chi connectivity index (χ4n) is 4.67. The Bertz CT molecular complexity index is 1110. The minimum Gasteiger partial charge on any atom is -0.466 e. The second kappa shape index (κ2) is 12.8. The summed E-state index contributed by atoms with van der Waals surface area (Å²) in [6.45, 7) is 7.25. The van der Waals surface area contributed by atoms with Crippen LogP contribution in [0.2, 0.25) is 0 Å². The van der Waals surface area contributed by atoms with Crippen LogP contribution in [-0.2, 0) is 20.7 Å². The third-order valence-electron chi connectivity index (χ3n) is 6.65. The standard InChI is InChI=1S/C28H35N3O4S/c1-3-34-27(33)9-6-17-31(23-15-19-30(20-16-23)21(2)32)18-14-22-10-12-24(13-11-22)35-28-29-25-7-4-5-8-26(25)36-28/h4-5,7-8,10-13,23H,3,6,9,14-20H2,1-2H3. The first-order chi connectivity index (χ1) is 17.5. The molecule has 8 heteroatoms. The number of thiazole rings is 1. The Labute approximate surface area is 217 Å². The van der Waals surface area contributed by atoms with Crippen LogP contribution >= 0.6 is 11.3 Å². The maximum absolute atomic E-state index is 11.8. The number of likely N-dealkylation sites (tertiary alicyclic amines) is 1. The molecule has 0 N–H and O–H groups in total. The van der Waals surface area contributed by atoms with Gasteiger partial charge in [-0.05, 0) is 69.0 Å². The van der Waals surface area contributed by atoms with E-state index >= 15 is 0 Å². The monoisotopic (exact) mass is 509 g/mol. The quantitative estimate of drug-likeness (QED) is 0.327. The zero-order chi connectivity index (χ0) is 25.3. The smallest absolute Gasteiger partial charge is 0.305 e. The first-order valence-electron chi connectivity index (χ1n) is 12.8. The second-order valence-electron chi connectivity index (χ2n) is 9.13. The van der Waals surface area contributed by atoms with Crippen LogP contribution in [0.4, 0.5) is 0 Å². The molecule has 0 unspecified atom stereocenters. The van der Waals surface area contributed by atoms with Gasteiger partial charge in [-0.15, -0.1) is 0 Å². The van der Waals surface area contributed by atoms with E-state index in [9.17, 15) is 9.59 Å². The predicted molar refractivity (Wildman–Crippen MR) is 143 cm³/mol. The van der Waals surface area contributed by atoms with Crippen molar-refractivity contribution in [3.05, 3.63) is 54.1 Å². The molecule has 3 aromatic rings. The van der Waals surface area contributed by atoms with Crippen molar-refractivity contribution in [3.8, 4) is 10.9 Å². The first-order valence-corrected chi connectivity index (χ1v) is 13.6. The minimum absolute atomic E-state index is 0.132. The molecule has 1 saturated heterocycles. The molecule has 1 aliphatic rings. The van der Waals surface area contributed by atoms with Crippen LogP contribution in [0.15, 0.2) is 48.5 Å². The van der Waals surface area contributed by atoms with Crippen molar-refractivity contribution in [2.24, 2.45) is 0 Å². The summed E-state index contributed by atoms with van der Waals surface area (Å²) in [5.41, 5.74) is 2.19. The van der Waals surface area contributed by atoms with Gasteiger partial charge in [0, 0.05) is 39.0 Å². The van der Waals surface area contributed by atoms with Crippen molar-refractivity contribution in [2.75, 3.05) is 32.8 Å². The number of piperidine rings is 1. The normalized spacial score (nSPS) is 14.4. The van der Waals surface area contributed by atoms with E-state index in [4.69, 9.17) is 9.47 Å². The number of rotatable bonds is 11. The van der Waals surface area contributed by atoms with Gasteiger partial charge in [0.1, 0.15) is 5.75 Å². The van der Waals surface area contributed by atoms with Gasteiger partial charge in [-0.3, -0.25) is 14.5 Å². The maximum atomic E-state index is 11.8. The van der Waals surface area contributed by atoms with E-state index in [1.165, 1.54) is 5.56 Å². The van der Waals surface area contributed by atoms with Gasteiger partial charge in [0.05, 0.1) is 16.8 Å². The lowest BCUT2D eigenvalue weighted by Gasteiger charge is -2.38. The van der Waals surface area contributed by atoms with Gasteiger partial charge in [0.2, 0.25) is 5.91 Å². The highest BCUT2D eigenvalue weighted by atomic mass is 32.1. The highest BCUT2D eigenvalue weighted by Crippen LogP contribution is 2.31. The molecule has 7 nitrogen and oxygen atoms in total. The van der Waals surface area contributed by atoms with E-state index in [-0.39, 0.29) is 11.9 Å². The van der Waals surface area contributed by atoms with Crippen LogP contribution in [0.3, 0.4) is 0 Å². The molecule has 1 aliphatic heterocycles. The molecular weight excluding hydrogens is 474 g/mol. The number of nitrogens with zero attached hydrogens (tertiary/aromatic N) is 3. The zero-order valence-corrected chi connectivity index (χ0v) is 22.0. The third kappa shape index (κ3) is 7.27. The van der Waals surface area contributed by atoms with Gasteiger partial charge in [-0.25, -0.2) is 4.98 Å². The molecule has 1 amide bonds. The third-order valence-corrected chi connectivity index (χ3v) is 7.56. The van der Waals surface area contributed by atoms with Gasteiger partial charge in [0.15, 0.2) is 0 Å². The van der Waals surface area contributed by atoms with Gasteiger partial charge in [0.25, 0.3) is 5.19 Å². The summed E-state index contributed by atoms with van der Waals surface area (Å²) in [5, 5.41) is 0.647. The van der Waals surface area contributed by atoms with Crippen LogP contribution in [-0.4, -0.2) is 65.5 Å². The number of fused-ring (bicyclic) bond motifs is 1. The van der Waals surface area contributed by atoms with E-state index in [0.717, 1.165) is 67.8 Å². The Kier molecular flexibility index (Phi) is 9.30. The van der Waals surface area contributed by atoms with Crippen molar-refractivity contribution in [2.45, 2.75) is 52.0 Å². The molecular formula is C28H35N3O4S. The van der Waals surface area contributed by atoms with Crippen molar-refractivity contribution < 1.29 is 19.1 Å². The van der Waals surface area contributed by atoms with E-state index in [2.05, 4.69) is 22.0 Å². The van der Waals surface area contributed by atoms with E-state index in [1.54, 1.807) is 18.3 Å². The van der Waals surface area contributed by atoms with E-state index < -0.39 is 0 Å². The number of carbonyl (C=O) groups excluding carboxylic acids is 2. The topological polar surface area (TPSA) is 72.0 Å². The number of ether oxygens (including phenoxy) is 2. The fourth-order valence-corrected chi connectivity index (χ4v) is 5.51. The molecule has 0 spiro atoms.